The monoisotopic (exact) mass is 251 g/mol. The molecular weight excluding hydrogens is 234 g/mol. The SMILES string of the molecule is COC(=O)[C@@H]1[C@H]2C=C[C@@]3(CN(C(C)C)C(=O)[C@@H]13)O2. The highest BCUT2D eigenvalue weighted by atomic mass is 16.5. The number of carbonyl (C=O) groups is 2. The van der Waals surface area contributed by atoms with Crippen molar-refractivity contribution in [3.63, 3.8) is 0 Å². The van der Waals surface area contributed by atoms with Gasteiger partial charge in [-0.1, -0.05) is 12.2 Å². The summed E-state index contributed by atoms with van der Waals surface area (Å²) in [5.41, 5.74) is -0.606. The maximum atomic E-state index is 12.4. The highest BCUT2D eigenvalue weighted by molar-refractivity contribution is 5.91. The lowest BCUT2D eigenvalue weighted by atomic mass is 9.77. The van der Waals surface area contributed by atoms with Crippen LogP contribution < -0.4 is 0 Å². The molecule has 0 aromatic heterocycles. The van der Waals surface area contributed by atoms with Crippen molar-refractivity contribution in [3.8, 4) is 0 Å². The second kappa shape index (κ2) is 3.57. The summed E-state index contributed by atoms with van der Waals surface area (Å²) in [6.45, 7) is 4.48. The number of hydrogen-bond donors (Lipinski definition) is 0. The van der Waals surface area contributed by atoms with Gasteiger partial charge < -0.3 is 14.4 Å². The van der Waals surface area contributed by atoms with E-state index >= 15 is 0 Å². The summed E-state index contributed by atoms with van der Waals surface area (Å²) < 4.78 is 10.7. The first-order chi connectivity index (χ1) is 8.50. The summed E-state index contributed by atoms with van der Waals surface area (Å²) in [6.07, 6.45) is 3.53. The Morgan fingerprint density at radius 3 is 2.94 bits per heavy atom. The predicted molar refractivity (Wildman–Crippen MR) is 62.6 cm³/mol. The van der Waals surface area contributed by atoms with E-state index in [1.165, 1.54) is 7.11 Å². The first-order valence-corrected chi connectivity index (χ1v) is 6.25. The summed E-state index contributed by atoms with van der Waals surface area (Å²) in [5.74, 6) is -1.25. The Morgan fingerprint density at radius 1 is 1.61 bits per heavy atom. The van der Waals surface area contributed by atoms with Gasteiger partial charge in [0.2, 0.25) is 5.91 Å². The van der Waals surface area contributed by atoms with Crippen LogP contribution in [0.1, 0.15) is 13.8 Å². The van der Waals surface area contributed by atoms with E-state index in [4.69, 9.17) is 9.47 Å². The lowest BCUT2D eigenvalue weighted by Crippen LogP contribution is -2.40. The van der Waals surface area contributed by atoms with Gasteiger partial charge in [0.15, 0.2) is 0 Å². The Hall–Kier alpha value is -1.36. The number of fused-ring (bicyclic) bond motifs is 1. The molecule has 5 nitrogen and oxygen atoms in total. The first-order valence-electron chi connectivity index (χ1n) is 6.25. The van der Waals surface area contributed by atoms with Crippen LogP contribution in [0.2, 0.25) is 0 Å². The molecule has 3 aliphatic rings. The van der Waals surface area contributed by atoms with E-state index in [-0.39, 0.29) is 24.0 Å². The molecule has 0 aromatic rings. The fourth-order valence-corrected chi connectivity index (χ4v) is 3.37. The number of ether oxygens (including phenoxy) is 2. The van der Waals surface area contributed by atoms with Crippen LogP contribution in [0.5, 0.6) is 0 Å². The summed E-state index contributed by atoms with van der Waals surface area (Å²) in [4.78, 5) is 26.1. The number of rotatable bonds is 2. The third-order valence-corrected chi connectivity index (χ3v) is 4.23. The summed E-state index contributed by atoms with van der Waals surface area (Å²) in [6, 6.07) is 0.117. The number of likely N-dealkylation sites (tertiary alicyclic amines) is 1. The number of nitrogens with zero attached hydrogens (tertiary/aromatic N) is 1. The van der Waals surface area contributed by atoms with Crippen LogP contribution in [0.4, 0.5) is 0 Å². The summed E-state index contributed by atoms with van der Waals surface area (Å²) in [5, 5.41) is 0. The minimum absolute atomic E-state index is 0.00671. The molecular formula is C13H17NO4. The average molecular weight is 251 g/mol. The number of hydrogen-bond acceptors (Lipinski definition) is 4. The number of carbonyl (C=O) groups excluding carboxylic acids is 2. The Bertz CT molecular complexity index is 444. The van der Waals surface area contributed by atoms with Gasteiger partial charge in [-0.3, -0.25) is 9.59 Å². The lowest BCUT2D eigenvalue weighted by molar-refractivity contribution is -0.151. The van der Waals surface area contributed by atoms with Crippen molar-refractivity contribution in [3.05, 3.63) is 12.2 Å². The van der Waals surface area contributed by atoms with Gasteiger partial charge in [0.25, 0.3) is 0 Å². The Morgan fingerprint density at radius 2 is 2.33 bits per heavy atom. The van der Waals surface area contributed by atoms with Crippen molar-refractivity contribution < 1.29 is 19.1 Å². The molecule has 4 atom stereocenters. The zero-order valence-corrected chi connectivity index (χ0v) is 10.8. The van der Waals surface area contributed by atoms with Gasteiger partial charge in [0, 0.05) is 6.04 Å². The summed E-state index contributed by atoms with van der Waals surface area (Å²) >= 11 is 0. The van der Waals surface area contributed by atoms with E-state index in [1.54, 1.807) is 4.90 Å². The molecule has 0 aromatic carbocycles. The van der Waals surface area contributed by atoms with Crippen molar-refractivity contribution >= 4 is 11.9 Å². The third kappa shape index (κ3) is 1.25. The van der Waals surface area contributed by atoms with Crippen molar-refractivity contribution in [2.45, 2.75) is 31.6 Å². The molecule has 0 radical (unpaired) electrons. The molecule has 1 amide bonds. The highest BCUT2D eigenvalue weighted by Gasteiger charge is 2.67. The Kier molecular flexibility index (Phi) is 2.32. The molecule has 3 heterocycles. The van der Waals surface area contributed by atoms with E-state index in [2.05, 4.69) is 0 Å². The summed E-state index contributed by atoms with van der Waals surface area (Å²) in [7, 11) is 1.35. The number of amides is 1. The van der Waals surface area contributed by atoms with Crippen molar-refractivity contribution in [1.82, 2.24) is 4.90 Å². The Labute approximate surface area is 106 Å². The van der Waals surface area contributed by atoms with E-state index in [0.717, 1.165) is 0 Å². The molecule has 0 N–H and O–H groups in total. The molecule has 98 valence electrons. The van der Waals surface area contributed by atoms with Crippen LogP contribution in [0.15, 0.2) is 12.2 Å². The maximum absolute atomic E-state index is 12.4. The molecule has 0 saturated carbocycles. The largest absolute Gasteiger partial charge is 0.469 e. The zero-order valence-electron chi connectivity index (χ0n) is 10.8. The van der Waals surface area contributed by atoms with Gasteiger partial charge in [-0.25, -0.2) is 0 Å². The second-order valence-corrected chi connectivity index (χ2v) is 5.48. The maximum Gasteiger partial charge on any atom is 0.312 e. The fourth-order valence-electron chi connectivity index (χ4n) is 3.37. The predicted octanol–water partition coefficient (Wildman–Crippen LogP) is 0.350. The van der Waals surface area contributed by atoms with Gasteiger partial charge in [0.1, 0.15) is 11.5 Å². The zero-order chi connectivity index (χ0) is 13.1. The molecule has 0 aliphatic carbocycles. The standard InChI is InChI=1S/C13H17NO4/c1-7(2)14-6-13-5-4-8(18-13)9(12(16)17-3)10(13)11(14)15/h4-5,7-10H,6H2,1-3H3/t8-,9-,10-,13+/m1/s1. The molecule has 2 bridgehead atoms. The van der Waals surface area contributed by atoms with E-state index in [1.807, 2.05) is 26.0 Å². The van der Waals surface area contributed by atoms with Gasteiger partial charge in [-0.05, 0) is 13.8 Å². The van der Waals surface area contributed by atoms with Gasteiger partial charge >= 0.3 is 5.97 Å². The number of methoxy groups -OCH3 is 1. The molecule has 3 aliphatic heterocycles. The second-order valence-electron chi connectivity index (χ2n) is 5.48. The minimum atomic E-state index is -0.606. The van der Waals surface area contributed by atoms with Crippen LogP contribution in [0, 0.1) is 11.8 Å². The molecule has 1 spiro atoms. The minimum Gasteiger partial charge on any atom is -0.469 e. The smallest absolute Gasteiger partial charge is 0.312 e. The average Bonchev–Trinajstić information content (AvgIpc) is 2.96. The number of esters is 1. The van der Waals surface area contributed by atoms with E-state index in [9.17, 15) is 9.59 Å². The van der Waals surface area contributed by atoms with Crippen molar-refractivity contribution in [2.75, 3.05) is 13.7 Å². The lowest BCUT2D eigenvalue weighted by Gasteiger charge is -2.24. The molecule has 5 heteroatoms. The molecule has 2 saturated heterocycles. The topological polar surface area (TPSA) is 55.8 Å². The molecule has 3 rings (SSSR count). The molecule has 2 fully saturated rings. The van der Waals surface area contributed by atoms with Crippen LogP contribution in [0.3, 0.4) is 0 Å². The molecule has 0 unspecified atom stereocenters. The van der Waals surface area contributed by atoms with Crippen LogP contribution >= 0.6 is 0 Å². The fraction of sp³-hybridized carbons (Fsp3) is 0.692. The quantitative estimate of drug-likeness (QED) is 0.525. The van der Waals surface area contributed by atoms with Crippen molar-refractivity contribution in [1.29, 1.82) is 0 Å². The van der Waals surface area contributed by atoms with Crippen LogP contribution in [-0.4, -0.2) is 48.2 Å². The first kappa shape index (κ1) is 11.7. The highest BCUT2D eigenvalue weighted by Crippen LogP contribution is 2.52. The van der Waals surface area contributed by atoms with Gasteiger partial charge in [-0.2, -0.15) is 0 Å². The van der Waals surface area contributed by atoms with Gasteiger partial charge in [-0.15, -0.1) is 0 Å². The normalized spacial score (nSPS) is 40.8. The van der Waals surface area contributed by atoms with Crippen LogP contribution in [0.25, 0.3) is 0 Å². The van der Waals surface area contributed by atoms with Gasteiger partial charge in [0.05, 0.1) is 25.7 Å². The van der Waals surface area contributed by atoms with Crippen LogP contribution in [-0.2, 0) is 19.1 Å². The third-order valence-electron chi connectivity index (χ3n) is 4.23. The molecule has 18 heavy (non-hydrogen) atoms. The van der Waals surface area contributed by atoms with E-state index < -0.39 is 17.4 Å². The Balaban J connectivity index is 1.98. The van der Waals surface area contributed by atoms with Crippen molar-refractivity contribution in [2.24, 2.45) is 11.8 Å². The van der Waals surface area contributed by atoms with E-state index in [0.29, 0.717) is 6.54 Å².